The van der Waals surface area contributed by atoms with Gasteiger partial charge < -0.3 is 0 Å². The Balaban J connectivity index is -0.000000232. The molecule has 0 saturated heterocycles. The van der Waals surface area contributed by atoms with E-state index in [2.05, 4.69) is 276 Å². The van der Waals surface area contributed by atoms with E-state index in [-0.39, 0.29) is 8.14 Å². The second kappa shape index (κ2) is 113. The molecule has 140 heavy (non-hydrogen) atoms. The molecule has 1 atom stereocenters. The number of unbranched alkanes of at least 4 members (excludes halogenated alkanes) is 37. The summed E-state index contributed by atoms with van der Waals surface area (Å²) in [6.07, 6.45) is 85.3. The van der Waals surface area contributed by atoms with Crippen molar-refractivity contribution in [1.29, 1.82) is 0 Å². The summed E-state index contributed by atoms with van der Waals surface area (Å²) in [5.41, 5.74) is 1.56. The summed E-state index contributed by atoms with van der Waals surface area (Å²) in [6, 6.07) is 35.9. The Hall–Kier alpha value is 2.69. The van der Waals surface area contributed by atoms with Gasteiger partial charge in [0.2, 0.25) is 14.8 Å². The smallest absolute Gasteiger partial charge is 0.168 e. The number of rotatable bonds is 75. The van der Waals surface area contributed by atoms with Crippen molar-refractivity contribution in [2.24, 2.45) is 5.92 Å². The van der Waals surface area contributed by atoms with E-state index < -0.39 is 69.8 Å². The summed E-state index contributed by atoms with van der Waals surface area (Å²) < 4.78 is 0. The molecule has 816 valence electrons. The standard InChI is InChI=1S/C20H41ClSi.C18H21ClSi.C13H19BrSi.C10H21ClSi.C9H18Br2Si.C9H19ClSi.C8H15Cl3Si.C8H17ClSi.C6H11Cl3Si.C6H13ClSi.C5H10Cl2Si/c1-4-5-6-7-8-9-10-11-12-13-14-15-16-17-18-19-20-22(2,3)21;1-2-3-4-11-16-20(19,17-12-7-5-8-13-17)18-14-9-6-10-15-18;1-2-3-4-5-6-9-12-10-7-8-11-13(12)15-14;1-4-5-6-7-8-9-10-12(2,3)11;1-2-3-4-5-6-7-8-9-12(10)11;1-5-6-7-9(2)8-11(3,4)10;1-2-3-4-5-6-7-8-12(9,10)11;1-4-5-6-7-8-10(2,3)9;1-2-3-4-5-6-10(7,8)9;1-4-5-6-8(2,3)7;1-2-3-4-5-8(6)7/h4H,1,5-20H2,2-3H3;2,5-10,12-15H,1,3-4,11,16H2;2,7-8,10-11H,1,3-6,9,15H2;4H,1,5-10H2,2-3H3;2,12H,1,3-9H2;5,9H,1,6-8H2,2-4H3;2H,1,3-8H2;4H,1,5-8H2,2-3H3;2H,1,3-6H2;4H,1,5-6H2,2-3H3;2,8H,1,3-5H2. The Kier molecular flexibility index (Phi) is 127. The van der Waals surface area contributed by atoms with Gasteiger partial charge in [-0.05, 0) is 211 Å². The molecule has 0 nitrogen and oxygen atoms in total. The molecule has 3 aromatic carbocycles. The van der Waals surface area contributed by atoms with Crippen LogP contribution in [-0.2, 0) is 6.42 Å². The lowest BCUT2D eigenvalue weighted by Crippen LogP contribution is -2.53. The van der Waals surface area contributed by atoms with Gasteiger partial charge in [0.25, 0.3) is 0 Å². The fraction of sp³-hybridized carbons (Fsp3) is 0.643. The van der Waals surface area contributed by atoms with Crippen LogP contribution in [0.2, 0.25) is 126 Å². The molecular weight excluding hydrogens is 2390 g/mol. The molecule has 0 N–H and O–H groups in total. The lowest BCUT2D eigenvalue weighted by Gasteiger charge is -2.25. The van der Waals surface area contributed by atoms with Crippen molar-refractivity contribution >= 4 is 294 Å². The Bertz CT molecular complexity index is 3120. The highest BCUT2D eigenvalue weighted by Crippen LogP contribution is 2.31. The molecule has 0 amide bonds. The highest BCUT2D eigenvalue weighted by molar-refractivity contribution is 9.49. The van der Waals surface area contributed by atoms with Gasteiger partial charge >= 0.3 is 12.0 Å². The third-order valence-electron chi connectivity index (χ3n) is 22.1. The third-order valence-corrected chi connectivity index (χ3v) is 51.8. The molecule has 1 unspecified atom stereocenters. The molecule has 3 aromatic rings. The number of halogens is 17. The van der Waals surface area contributed by atoms with Crippen LogP contribution in [0.15, 0.2) is 224 Å². The van der Waals surface area contributed by atoms with E-state index in [1.54, 1.807) is 10.8 Å². The van der Waals surface area contributed by atoms with Crippen LogP contribution in [0.3, 0.4) is 0 Å². The van der Waals surface area contributed by atoms with Crippen LogP contribution in [-0.4, -0.2) is 77.9 Å². The fourth-order valence-electron chi connectivity index (χ4n) is 14.1. The molecule has 0 aliphatic carbocycles. The minimum atomic E-state index is -2.33. The van der Waals surface area contributed by atoms with Crippen LogP contribution in [0.1, 0.15) is 327 Å². The minimum absolute atomic E-state index is 0.185. The number of hydrogen-bond donors (Lipinski definition) is 0. The van der Waals surface area contributed by atoms with Crippen LogP contribution in [0.25, 0.3) is 0 Å². The van der Waals surface area contributed by atoms with Crippen molar-refractivity contribution in [3.8, 4) is 0 Å². The first-order valence-electron chi connectivity index (χ1n) is 53.3. The Morgan fingerprint density at radius 1 is 0.279 bits per heavy atom. The molecule has 0 heterocycles. The number of benzene rings is 3. The van der Waals surface area contributed by atoms with E-state index in [1.165, 1.54) is 278 Å². The summed E-state index contributed by atoms with van der Waals surface area (Å²) >= 11 is 94.3. The van der Waals surface area contributed by atoms with Gasteiger partial charge in [-0.2, -0.15) is 88.6 Å². The molecule has 0 aliphatic heterocycles. The maximum absolute atomic E-state index is 7.18. The van der Waals surface area contributed by atoms with E-state index in [0.29, 0.717) is 0 Å². The van der Waals surface area contributed by atoms with Crippen LogP contribution in [0.4, 0.5) is 0 Å². The average Bonchev–Trinajstić information content (AvgIpc) is 0.797. The van der Waals surface area contributed by atoms with Gasteiger partial charge in [0.15, 0.2) is 20.8 Å². The van der Waals surface area contributed by atoms with Crippen molar-refractivity contribution < 1.29 is 0 Å². The normalized spacial score (nSPS) is 11.5. The van der Waals surface area contributed by atoms with Gasteiger partial charge in [-0.15, -0.1) is 185 Å². The van der Waals surface area contributed by atoms with Crippen LogP contribution in [0.5, 0.6) is 0 Å². The Morgan fingerprint density at radius 3 is 0.807 bits per heavy atom. The van der Waals surface area contributed by atoms with E-state index in [0.717, 1.165) is 120 Å². The summed E-state index contributed by atoms with van der Waals surface area (Å²) in [5.74, 6) is 0.771. The van der Waals surface area contributed by atoms with Gasteiger partial charge in [0.1, 0.15) is 30.3 Å². The van der Waals surface area contributed by atoms with E-state index >= 15 is 0 Å². The molecule has 0 aromatic heterocycles. The number of allylic oxidation sites excluding steroid dienone is 11. The highest BCUT2D eigenvalue weighted by atomic mass is 79.9. The maximum atomic E-state index is 7.18. The molecule has 0 spiro atoms. The van der Waals surface area contributed by atoms with Crippen molar-refractivity contribution in [3.63, 3.8) is 0 Å². The van der Waals surface area contributed by atoms with Gasteiger partial charge in [-0.3, -0.25) is 0 Å². The zero-order valence-electron chi connectivity index (χ0n) is 90.5. The summed E-state index contributed by atoms with van der Waals surface area (Å²) in [7, 11) is -10.1. The quantitative estimate of drug-likeness (QED) is 0.0229. The Morgan fingerprint density at radius 2 is 0.529 bits per heavy atom. The molecule has 0 bridgehead atoms. The van der Waals surface area contributed by atoms with Crippen LogP contribution < -0.4 is 15.6 Å². The Labute approximate surface area is 972 Å². The molecular formula is C112H205Br3Cl14Si11. The van der Waals surface area contributed by atoms with Crippen molar-refractivity contribution in [1.82, 2.24) is 0 Å². The molecule has 0 fully saturated rings. The van der Waals surface area contributed by atoms with Gasteiger partial charge in [0.05, 0.1) is 0 Å². The van der Waals surface area contributed by atoms with E-state index in [9.17, 15) is 0 Å². The predicted octanol–water partition coefficient (Wildman–Crippen LogP) is 47.2. The lowest BCUT2D eigenvalue weighted by molar-refractivity contribution is 0.536. The second-order valence-corrected chi connectivity index (χ2v) is 118. The number of hydrogen-bond acceptors (Lipinski definition) is 0. The van der Waals surface area contributed by atoms with E-state index in [4.69, 9.17) is 155 Å². The van der Waals surface area contributed by atoms with E-state index in [1.807, 2.05) is 66.8 Å². The first-order valence-corrected chi connectivity index (χ1v) is 104. The van der Waals surface area contributed by atoms with Crippen molar-refractivity contribution in [2.75, 3.05) is 0 Å². The summed E-state index contributed by atoms with van der Waals surface area (Å²) in [6.45, 7) is 64.9. The summed E-state index contributed by atoms with van der Waals surface area (Å²) in [5, 5.41) is 4.19. The first kappa shape index (κ1) is 158. The SMILES string of the molecule is C=CCCC(C)C[Si](C)(C)Cl.C=CCCCCCCCCCCCCCCCC[Si](C)(C)Cl.C=CCCCCCCC[SiH](Br)Br.C=CCCCCCC[Si](C)(C)Cl.C=CCCCCCC[Si](Cl)(Cl)Cl.C=CCCCCCc1ccccc1[SiH2]Br.C=CCCCC[Si](C)(C)Cl.C=CCCCC[Si](Cl)(Cl)Cl.C=CCCCC[Si](Cl)(c1ccccc1)c1ccccc1.C=CCCC[SiH](Cl)Cl.C=CCC[Si](C)(C)Cl. The van der Waals surface area contributed by atoms with Crippen LogP contribution >= 0.6 is 201 Å². The topological polar surface area (TPSA) is 0 Å². The number of aryl methyl sites for hydroxylation is 1. The highest BCUT2D eigenvalue weighted by Gasteiger charge is 2.35. The third kappa shape index (κ3) is 147. The molecule has 0 aliphatic rings. The lowest BCUT2D eigenvalue weighted by atomic mass is 10.0. The van der Waals surface area contributed by atoms with Gasteiger partial charge in [-0.25, -0.2) is 0 Å². The van der Waals surface area contributed by atoms with Crippen molar-refractivity contribution in [3.05, 3.63) is 230 Å². The molecule has 0 radical (unpaired) electrons. The maximum Gasteiger partial charge on any atom is 0.341 e. The zero-order chi connectivity index (χ0) is 108. The van der Waals surface area contributed by atoms with Gasteiger partial charge in [-0.1, -0.05) is 422 Å². The fourth-order valence-corrected chi connectivity index (χ4v) is 36.7. The average molecular weight is 2600 g/mol. The molecule has 28 heteroatoms. The zero-order valence-corrected chi connectivity index (χ0v) is 118. The first-order chi connectivity index (χ1) is 66.0. The molecule has 0 saturated carbocycles. The van der Waals surface area contributed by atoms with Gasteiger partial charge in [0, 0.05) is 0 Å². The largest absolute Gasteiger partial charge is 0.341 e. The van der Waals surface area contributed by atoms with Crippen molar-refractivity contribution in [2.45, 2.75) is 454 Å². The summed E-state index contributed by atoms with van der Waals surface area (Å²) in [4.78, 5) is 0. The minimum Gasteiger partial charge on any atom is -0.168 e. The second-order valence-electron chi connectivity index (χ2n) is 39.6. The predicted molar refractivity (Wildman–Crippen MR) is 714 cm³/mol. The van der Waals surface area contributed by atoms with Crippen LogP contribution in [0, 0.1) is 5.92 Å². The molecule has 3 rings (SSSR count). The monoisotopic (exact) mass is 2580 g/mol.